The molecule has 1 aromatic heterocycles. The van der Waals surface area contributed by atoms with E-state index in [1.54, 1.807) is 0 Å². The molecule has 1 N–H and O–H groups in total. The summed E-state index contributed by atoms with van der Waals surface area (Å²) in [4.78, 5) is 35.6. The Hall–Kier alpha value is -2.90. The molecule has 96 valence electrons. The van der Waals surface area contributed by atoms with Gasteiger partial charge in [0.1, 0.15) is 6.61 Å². The monoisotopic (exact) mass is 261 g/mol. The Labute approximate surface area is 105 Å². The third-order valence-electron chi connectivity index (χ3n) is 2.81. The van der Waals surface area contributed by atoms with E-state index in [1.165, 1.54) is 28.8 Å². The fraction of sp³-hybridized carbons (Fsp3) is 0.0909. The van der Waals surface area contributed by atoms with Crippen LogP contribution >= 0.6 is 0 Å². The molecule has 2 heterocycles. The number of nitrogens with zero attached hydrogens (tertiary/aromatic N) is 2. The quantitative estimate of drug-likeness (QED) is 0.484. The van der Waals surface area contributed by atoms with Crippen molar-refractivity contribution in [2.75, 3.05) is 6.61 Å². The highest BCUT2D eigenvalue weighted by atomic mass is 16.6. The number of nitro groups is 1. The molecule has 0 fully saturated rings. The molecule has 0 atom stereocenters. The average molecular weight is 261 g/mol. The lowest BCUT2D eigenvalue weighted by molar-refractivity contribution is -0.384. The third-order valence-corrected chi connectivity index (χ3v) is 2.81. The Kier molecular flexibility index (Phi) is 2.24. The summed E-state index contributed by atoms with van der Waals surface area (Å²) in [5.74, 6) is -0.540. The maximum absolute atomic E-state index is 11.8. The van der Waals surface area contributed by atoms with Gasteiger partial charge < -0.3 is 9.72 Å². The number of benzene rings is 1. The van der Waals surface area contributed by atoms with Gasteiger partial charge in [-0.3, -0.25) is 14.7 Å². The lowest BCUT2D eigenvalue weighted by Gasteiger charge is -2.01. The van der Waals surface area contributed by atoms with Crippen LogP contribution in [0.5, 0.6) is 0 Å². The van der Waals surface area contributed by atoms with E-state index in [9.17, 15) is 19.7 Å². The van der Waals surface area contributed by atoms with Gasteiger partial charge in [-0.1, -0.05) is 0 Å². The number of esters is 1. The predicted molar refractivity (Wildman–Crippen MR) is 64.4 cm³/mol. The van der Waals surface area contributed by atoms with Crippen LogP contribution in [-0.4, -0.2) is 27.1 Å². The first-order valence-electron chi connectivity index (χ1n) is 5.33. The number of hydrogen-bond acceptors (Lipinski definition) is 5. The van der Waals surface area contributed by atoms with Gasteiger partial charge in [-0.25, -0.2) is 9.59 Å². The number of imidazole rings is 1. The molecule has 0 aliphatic carbocycles. The molecule has 0 bridgehead atoms. The van der Waals surface area contributed by atoms with E-state index in [0.717, 1.165) is 0 Å². The van der Waals surface area contributed by atoms with Crippen molar-refractivity contribution in [3.63, 3.8) is 0 Å². The number of non-ortho nitro benzene ring substituents is 1. The molecule has 8 nitrogen and oxygen atoms in total. The van der Waals surface area contributed by atoms with Crippen molar-refractivity contribution in [3.05, 3.63) is 44.9 Å². The highest BCUT2D eigenvalue weighted by Crippen LogP contribution is 2.22. The number of nitro benzene ring substituents is 1. The van der Waals surface area contributed by atoms with Crippen molar-refractivity contribution in [3.8, 4) is 0 Å². The summed E-state index contributed by atoms with van der Waals surface area (Å²) in [6, 6.07) is 4.02. The maximum Gasteiger partial charge on any atom is 0.333 e. The van der Waals surface area contributed by atoms with E-state index in [1.807, 2.05) is 0 Å². The van der Waals surface area contributed by atoms with Crippen LogP contribution in [0.2, 0.25) is 0 Å². The van der Waals surface area contributed by atoms with E-state index in [2.05, 4.69) is 4.98 Å². The molecule has 0 unspecified atom stereocenters. The summed E-state index contributed by atoms with van der Waals surface area (Å²) in [5, 5.41) is 10.8. The Morgan fingerprint density at radius 2 is 2.16 bits per heavy atom. The summed E-state index contributed by atoms with van der Waals surface area (Å²) in [7, 11) is 0. The summed E-state index contributed by atoms with van der Waals surface area (Å²) >= 11 is 0. The Balaban J connectivity index is 2.28. The topological polar surface area (TPSA) is 107 Å². The van der Waals surface area contributed by atoms with Crippen LogP contribution in [0.25, 0.3) is 16.7 Å². The second kappa shape index (κ2) is 3.80. The van der Waals surface area contributed by atoms with Crippen molar-refractivity contribution in [1.29, 1.82) is 0 Å². The van der Waals surface area contributed by atoms with Gasteiger partial charge >= 0.3 is 11.7 Å². The van der Waals surface area contributed by atoms with Crippen LogP contribution in [0.3, 0.4) is 0 Å². The molecule has 19 heavy (non-hydrogen) atoms. The number of fused-ring (bicyclic) bond motifs is 1. The molecular formula is C11H7N3O5. The first kappa shape index (κ1) is 11.2. The fourth-order valence-corrected chi connectivity index (χ4v) is 1.98. The Morgan fingerprint density at radius 1 is 1.37 bits per heavy atom. The minimum Gasteiger partial charge on any atom is -0.456 e. The summed E-state index contributed by atoms with van der Waals surface area (Å²) in [6.07, 6.45) is 1.19. The standard InChI is InChI=1S/C11H7N3O5/c15-10-4-7(5-19-10)13-9-3-6(14(17)18)1-2-8(9)12-11(13)16/h1-4H,5H2,(H,12,16). The molecule has 0 saturated carbocycles. The fourth-order valence-electron chi connectivity index (χ4n) is 1.98. The zero-order chi connectivity index (χ0) is 13.6. The number of cyclic esters (lactones) is 1. The van der Waals surface area contributed by atoms with Crippen LogP contribution in [0.4, 0.5) is 5.69 Å². The van der Waals surface area contributed by atoms with Gasteiger partial charge in [0.2, 0.25) is 0 Å². The molecule has 1 aromatic carbocycles. The van der Waals surface area contributed by atoms with Gasteiger partial charge in [0.15, 0.2) is 0 Å². The van der Waals surface area contributed by atoms with E-state index in [-0.39, 0.29) is 12.3 Å². The second-order valence-corrected chi connectivity index (χ2v) is 3.97. The summed E-state index contributed by atoms with van der Waals surface area (Å²) < 4.78 is 5.93. The Bertz CT molecular complexity index is 798. The molecule has 8 heteroatoms. The summed E-state index contributed by atoms with van der Waals surface area (Å²) in [5.41, 5.74) is 0.535. The molecule has 0 radical (unpaired) electrons. The molecular weight excluding hydrogens is 254 g/mol. The van der Waals surface area contributed by atoms with E-state index >= 15 is 0 Å². The van der Waals surface area contributed by atoms with Crippen LogP contribution < -0.4 is 5.69 Å². The molecule has 0 spiro atoms. The average Bonchev–Trinajstić information content (AvgIpc) is 2.90. The smallest absolute Gasteiger partial charge is 0.333 e. The number of carbonyl (C=O) groups is 1. The molecule has 0 saturated heterocycles. The zero-order valence-corrected chi connectivity index (χ0v) is 9.45. The lowest BCUT2D eigenvalue weighted by atomic mass is 10.2. The van der Waals surface area contributed by atoms with Gasteiger partial charge in [0.05, 0.1) is 21.7 Å². The number of carbonyl (C=O) groups excluding carboxylic acids is 1. The van der Waals surface area contributed by atoms with Gasteiger partial charge in [0.25, 0.3) is 5.69 Å². The minimum absolute atomic E-state index is 0.0333. The number of ether oxygens (including phenoxy) is 1. The van der Waals surface area contributed by atoms with Crippen LogP contribution in [-0.2, 0) is 9.53 Å². The van der Waals surface area contributed by atoms with Gasteiger partial charge in [-0.15, -0.1) is 0 Å². The lowest BCUT2D eigenvalue weighted by Crippen LogP contribution is -2.16. The number of aromatic nitrogens is 2. The number of H-pyrrole nitrogens is 1. The van der Waals surface area contributed by atoms with E-state index < -0.39 is 16.6 Å². The maximum atomic E-state index is 11.8. The molecule has 2 aromatic rings. The normalized spacial score (nSPS) is 14.5. The zero-order valence-electron chi connectivity index (χ0n) is 9.45. The SMILES string of the molecule is O=C1C=C(n2c(=O)[nH]c3ccc([N+](=O)[O-])cc32)CO1. The van der Waals surface area contributed by atoms with E-state index in [0.29, 0.717) is 16.7 Å². The number of nitrogens with one attached hydrogen (secondary N) is 1. The molecule has 1 aliphatic rings. The van der Waals surface area contributed by atoms with Crippen molar-refractivity contribution in [2.24, 2.45) is 0 Å². The summed E-state index contributed by atoms with van der Waals surface area (Å²) in [6.45, 7) is -0.0333. The van der Waals surface area contributed by atoms with Crippen molar-refractivity contribution >= 4 is 28.4 Å². The van der Waals surface area contributed by atoms with Crippen molar-refractivity contribution in [1.82, 2.24) is 9.55 Å². The number of aromatic amines is 1. The predicted octanol–water partition coefficient (Wildman–Crippen LogP) is 0.635. The van der Waals surface area contributed by atoms with Gasteiger partial charge in [0, 0.05) is 18.2 Å². The van der Waals surface area contributed by atoms with Crippen molar-refractivity contribution in [2.45, 2.75) is 0 Å². The number of rotatable bonds is 2. The Morgan fingerprint density at radius 3 is 2.79 bits per heavy atom. The van der Waals surface area contributed by atoms with Crippen LogP contribution in [0, 0.1) is 10.1 Å². The third kappa shape index (κ3) is 1.69. The minimum atomic E-state index is -0.550. The molecule has 0 amide bonds. The van der Waals surface area contributed by atoms with Gasteiger partial charge in [-0.05, 0) is 6.07 Å². The molecule has 1 aliphatic heterocycles. The van der Waals surface area contributed by atoms with Crippen molar-refractivity contribution < 1.29 is 14.5 Å². The van der Waals surface area contributed by atoms with Gasteiger partial charge in [-0.2, -0.15) is 0 Å². The first-order chi connectivity index (χ1) is 9.06. The number of hydrogen-bond donors (Lipinski definition) is 1. The van der Waals surface area contributed by atoms with Crippen LogP contribution in [0.1, 0.15) is 0 Å². The first-order valence-corrected chi connectivity index (χ1v) is 5.33. The molecule has 3 rings (SSSR count). The van der Waals surface area contributed by atoms with Crippen LogP contribution in [0.15, 0.2) is 29.1 Å². The highest BCUT2D eigenvalue weighted by Gasteiger charge is 2.20. The van der Waals surface area contributed by atoms with E-state index in [4.69, 9.17) is 4.74 Å². The highest BCUT2D eigenvalue weighted by molar-refractivity contribution is 5.94. The second-order valence-electron chi connectivity index (χ2n) is 3.97. The largest absolute Gasteiger partial charge is 0.456 e.